The Labute approximate surface area is 186 Å². The Bertz CT molecular complexity index is 1030. The molecule has 2 aromatic heterocycles. The van der Waals surface area contributed by atoms with Crippen LogP contribution in [0.2, 0.25) is 0 Å². The highest BCUT2D eigenvalue weighted by molar-refractivity contribution is 5.77. The van der Waals surface area contributed by atoms with Crippen LogP contribution in [0.4, 0.5) is 0 Å². The van der Waals surface area contributed by atoms with Crippen molar-refractivity contribution in [2.45, 2.75) is 57.9 Å². The number of benzene rings is 1. The van der Waals surface area contributed by atoms with E-state index in [1.165, 1.54) is 0 Å². The number of fused-ring (bicyclic) bond motifs is 1. The molecule has 0 atom stereocenters. The van der Waals surface area contributed by atoms with Crippen molar-refractivity contribution in [1.29, 1.82) is 0 Å². The molecular formula is C24H29N2O6+. The molecular weight excluding hydrogens is 412 g/mol. The van der Waals surface area contributed by atoms with E-state index in [4.69, 9.17) is 19.4 Å². The molecule has 0 aliphatic rings. The maximum Gasteiger partial charge on any atom is 0.303 e. The largest absolute Gasteiger partial charge is 0.493 e. The van der Waals surface area contributed by atoms with Crippen LogP contribution in [0.25, 0.3) is 22.6 Å². The van der Waals surface area contributed by atoms with E-state index in [1.54, 1.807) is 0 Å². The first-order chi connectivity index (χ1) is 15.5. The number of hydrogen-bond donors (Lipinski definition) is 2. The maximum absolute atomic E-state index is 10.5. The monoisotopic (exact) mass is 441 g/mol. The van der Waals surface area contributed by atoms with E-state index in [0.717, 1.165) is 43.3 Å². The Morgan fingerprint density at radius 2 is 1.59 bits per heavy atom. The summed E-state index contributed by atoms with van der Waals surface area (Å²) in [6, 6.07) is 9.45. The van der Waals surface area contributed by atoms with Gasteiger partial charge in [-0.15, -0.1) is 0 Å². The lowest BCUT2D eigenvalue weighted by atomic mass is 10.2. The van der Waals surface area contributed by atoms with Crippen molar-refractivity contribution in [3.8, 4) is 17.2 Å². The van der Waals surface area contributed by atoms with Gasteiger partial charge in [-0.25, -0.2) is 9.55 Å². The third-order valence-electron chi connectivity index (χ3n) is 5.11. The number of carboxylic acid groups (broad SMARTS) is 2. The van der Waals surface area contributed by atoms with Gasteiger partial charge in [0, 0.05) is 43.0 Å². The van der Waals surface area contributed by atoms with Crippen LogP contribution in [0.15, 0.2) is 47.1 Å². The number of carbonyl (C=O) groups is 2. The summed E-state index contributed by atoms with van der Waals surface area (Å²) in [6.45, 7) is 1.37. The molecule has 0 bridgehead atoms. The first-order valence-electron chi connectivity index (χ1n) is 11.0. The smallest absolute Gasteiger partial charge is 0.303 e. The van der Waals surface area contributed by atoms with Gasteiger partial charge in [0.15, 0.2) is 18.0 Å². The highest BCUT2D eigenvalue weighted by Crippen LogP contribution is 2.26. The fourth-order valence-electron chi connectivity index (χ4n) is 3.36. The highest BCUT2D eigenvalue weighted by atomic mass is 16.5. The molecule has 0 unspecified atom stereocenters. The van der Waals surface area contributed by atoms with E-state index in [1.807, 2.05) is 42.7 Å². The van der Waals surface area contributed by atoms with Crippen LogP contribution in [0.1, 0.15) is 51.4 Å². The molecule has 0 spiro atoms. The molecule has 170 valence electrons. The zero-order chi connectivity index (χ0) is 22.8. The van der Waals surface area contributed by atoms with Crippen molar-refractivity contribution in [3.63, 3.8) is 0 Å². The molecule has 3 aromatic rings. The average Bonchev–Trinajstić information content (AvgIpc) is 3.19. The number of oxazole rings is 1. The maximum atomic E-state index is 10.5. The molecule has 0 aliphatic carbocycles. The van der Waals surface area contributed by atoms with Crippen LogP contribution in [0.5, 0.6) is 5.75 Å². The molecule has 0 radical (unpaired) electrons. The van der Waals surface area contributed by atoms with E-state index >= 15 is 0 Å². The predicted molar refractivity (Wildman–Crippen MR) is 117 cm³/mol. The molecule has 2 heterocycles. The number of aryl methyl sites for hydroxylation is 1. The van der Waals surface area contributed by atoms with Gasteiger partial charge in [-0.3, -0.25) is 9.59 Å². The van der Waals surface area contributed by atoms with Gasteiger partial charge in [-0.05, 0) is 44.2 Å². The number of aliphatic carboxylic acids is 2. The van der Waals surface area contributed by atoms with Crippen molar-refractivity contribution < 1.29 is 33.5 Å². The summed E-state index contributed by atoms with van der Waals surface area (Å²) in [7, 11) is 0. The number of carboxylic acids is 2. The van der Waals surface area contributed by atoms with Gasteiger partial charge in [0.05, 0.1) is 6.61 Å². The van der Waals surface area contributed by atoms with Gasteiger partial charge in [0.2, 0.25) is 5.89 Å². The van der Waals surface area contributed by atoms with Gasteiger partial charge in [-0.2, -0.15) is 0 Å². The van der Waals surface area contributed by atoms with E-state index in [0.29, 0.717) is 36.7 Å². The molecule has 3 rings (SSSR count). The molecule has 0 amide bonds. The Kier molecular flexibility index (Phi) is 8.60. The van der Waals surface area contributed by atoms with Crippen molar-refractivity contribution in [1.82, 2.24) is 4.98 Å². The lowest BCUT2D eigenvalue weighted by Gasteiger charge is -2.05. The second kappa shape index (κ2) is 11.8. The van der Waals surface area contributed by atoms with Crippen LogP contribution in [-0.4, -0.2) is 33.7 Å². The standard InChI is InChI=1S/C24H28N2O6/c27-22(28)7-3-1-5-13-26-14-11-18(12-15-26)24-25-20-10-9-19(17-21(20)32-24)31-16-6-2-4-8-23(29)30/h9-12,14-15,17H,1-8,13,16H2,(H-,27,28,29,30)/p+1. The second-order valence-corrected chi connectivity index (χ2v) is 7.73. The molecule has 8 nitrogen and oxygen atoms in total. The van der Waals surface area contributed by atoms with Gasteiger partial charge in [0.1, 0.15) is 17.8 Å². The summed E-state index contributed by atoms with van der Waals surface area (Å²) < 4.78 is 13.7. The fourth-order valence-corrected chi connectivity index (χ4v) is 3.36. The number of unbranched alkanes of at least 4 members (excludes halogenated alkanes) is 4. The Balaban J connectivity index is 1.50. The molecule has 2 N–H and O–H groups in total. The van der Waals surface area contributed by atoms with Crippen LogP contribution in [0, 0.1) is 0 Å². The molecule has 8 heteroatoms. The average molecular weight is 442 g/mol. The van der Waals surface area contributed by atoms with E-state index in [-0.39, 0.29) is 12.8 Å². The van der Waals surface area contributed by atoms with E-state index < -0.39 is 11.9 Å². The molecule has 0 saturated carbocycles. The predicted octanol–water partition coefficient (Wildman–Crippen LogP) is 4.45. The number of rotatable bonds is 14. The first kappa shape index (κ1) is 23.2. The Morgan fingerprint density at radius 1 is 0.906 bits per heavy atom. The summed E-state index contributed by atoms with van der Waals surface area (Å²) in [5, 5.41) is 17.3. The second-order valence-electron chi connectivity index (χ2n) is 7.73. The minimum Gasteiger partial charge on any atom is -0.493 e. The highest BCUT2D eigenvalue weighted by Gasteiger charge is 2.11. The minimum atomic E-state index is -0.765. The number of nitrogens with zero attached hydrogens (tertiary/aromatic N) is 2. The third kappa shape index (κ3) is 7.37. The Hall–Kier alpha value is -3.42. The van der Waals surface area contributed by atoms with Gasteiger partial charge >= 0.3 is 11.9 Å². The molecule has 0 saturated heterocycles. The molecule has 1 aromatic carbocycles. The number of pyridine rings is 1. The molecule has 32 heavy (non-hydrogen) atoms. The van der Waals surface area contributed by atoms with Gasteiger partial charge in [-0.1, -0.05) is 0 Å². The topological polar surface area (TPSA) is 114 Å². The first-order valence-corrected chi connectivity index (χ1v) is 11.0. The van der Waals surface area contributed by atoms with Crippen LogP contribution < -0.4 is 9.30 Å². The summed E-state index contributed by atoms with van der Waals surface area (Å²) in [5.74, 6) is -0.266. The van der Waals surface area contributed by atoms with Crippen molar-refractivity contribution in [3.05, 3.63) is 42.7 Å². The van der Waals surface area contributed by atoms with Crippen molar-refractivity contribution in [2.75, 3.05) is 6.61 Å². The van der Waals surface area contributed by atoms with Crippen LogP contribution in [-0.2, 0) is 16.1 Å². The van der Waals surface area contributed by atoms with E-state index in [9.17, 15) is 9.59 Å². The summed E-state index contributed by atoms with van der Waals surface area (Å²) in [5.41, 5.74) is 2.28. The third-order valence-corrected chi connectivity index (χ3v) is 5.11. The zero-order valence-corrected chi connectivity index (χ0v) is 18.0. The summed E-state index contributed by atoms with van der Waals surface area (Å²) in [4.78, 5) is 25.6. The summed E-state index contributed by atoms with van der Waals surface area (Å²) in [6.07, 6.45) is 9.16. The SMILES string of the molecule is O=C(O)CCCCCOc1ccc2nc(-c3cc[n+](CCCCCC(=O)O)cc3)oc2c1. The normalized spacial score (nSPS) is 11.0. The number of hydrogen-bond acceptors (Lipinski definition) is 5. The van der Waals surface area contributed by atoms with E-state index in [2.05, 4.69) is 9.55 Å². The fraction of sp³-hybridized carbons (Fsp3) is 0.417. The Morgan fingerprint density at radius 3 is 2.28 bits per heavy atom. The van der Waals surface area contributed by atoms with Crippen LogP contribution >= 0.6 is 0 Å². The van der Waals surface area contributed by atoms with Crippen molar-refractivity contribution in [2.24, 2.45) is 0 Å². The number of ether oxygens (including phenoxy) is 1. The van der Waals surface area contributed by atoms with Gasteiger partial charge in [0.25, 0.3) is 0 Å². The zero-order valence-electron chi connectivity index (χ0n) is 18.0. The molecule has 0 fully saturated rings. The lowest BCUT2D eigenvalue weighted by Crippen LogP contribution is -2.32. The van der Waals surface area contributed by atoms with Crippen molar-refractivity contribution >= 4 is 23.0 Å². The quantitative estimate of drug-likeness (QED) is 0.281. The van der Waals surface area contributed by atoms with Gasteiger partial charge < -0.3 is 19.4 Å². The minimum absolute atomic E-state index is 0.194. The van der Waals surface area contributed by atoms with Crippen LogP contribution in [0.3, 0.4) is 0 Å². The summed E-state index contributed by atoms with van der Waals surface area (Å²) >= 11 is 0. The lowest BCUT2D eigenvalue weighted by molar-refractivity contribution is -0.697. The molecule has 0 aliphatic heterocycles. The number of aromatic nitrogens is 2.